The highest BCUT2D eigenvalue weighted by molar-refractivity contribution is 9.10. The van der Waals surface area contributed by atoms with E-state index in [4.69, 9.17) is 18.9 Å². The summed E-state index contributed by atoms with van der Waals surface area (Å²) in [5.74, 6) is 2.78. The van der Waals surface area contributed by atoms with Crippen molar-refractivity contribution in [3.05, 3.63) is 107 Å². The second kappa shape index (κ2) is 12.6. The Balaban J connectivity index is 0.00000364. The molecule has 0 saturated carbocycles. The van der Waals surface area contributed by atoms with E-state index >= 15 is 0 Å². The van der Waals surface area contributed by atoms with E-state index in [1.807, 2.05) is 12.1 Å². The number of ether oxygens (including phenoxy) is 4. The Morgan fingerprint density at radius 3 is 2.54 bits per heavy atom. The van der Waals surface area contributed by atoms with Crippen LogP contribution in [0.1, 0.15) is 11.3 Å². The molecular formula is C34H27BrClN5O6S. The van der Waals surface area contributed by atoms with Crippen LogP contribution in [0.15, 0.2) is 101 Å². The number of aryl methyl sites for hydroxylation is 2. The van der Waals surface area contributed by atoms with E-state index in [1.54, 1.807) is 54.4 Å². The quantitative estimate of drug-likeness (QED) is 0.237. The summed E-state index contributed by atoms with van der Waals surface area (Å²) in [5, 5.41) is 10.4. The summed E-state index contributed by atoms with van der Waals surface area (Å²) in [6, 6.07) is 23.5. The molecule has 0 fully saturated rings. The molecule has 1 N–H and O–H groups in total. The lowest BCUT2D eigenvalue weighted by atomic mass is 9.95. The van der Waals surface area contributed by atoms with Crippen LogP contribution in [-0.2, 0) is 29.6 Å². The van der Waals surface area contributed by atoms with Crippen molar-refractivity contribution in [1.29, 1.82) is 0 Å². The number of nitrogens with zero attached hydrogens (tertiary/aromatic N) is 4. The fraction of sp³-hybridized carbons (Fsp3) is 0.147. The number of halogens is 2. The first kappa shape index (κ1) is 31.7. The van der Waals surface area contributed by atoms with Crippen LogP contribution < -0.4 is 40.6 Å². The average Bonchev–Trinajstić information content (AvgIpc) is 3.76. The Labute approximate surface area is 290 Å². The highest BCUT2D eigenvalue weighted by Gasteiger charge is 2.29. The molecule has 4 aromatic carbocycles. The Kier molecular flexibility index (Phi) is 8.36. The Bertz CT molecular complexity index is 2280. The summed E-state index contributed by atoms with van der Waals surface area (Å²) in [7, 11) is -2.14. The van der Waals surface area contributed by atoms with Gasteiger partial charge in [0.05, 0.1) is 34.8 Å². The number of pyridine rings is 1. The molecule has 0 atom stereocenters. The molecule has 0 bridgehead atoms. The summed E-state index contributed by atoms with van der Waals surface area (Å²) >= 11 is 3.35. The topological polar surface area (TPSA) is 118 Å². The zero-order valence-corrected chi connectivity index (χ0v) is 28.5. The predicted octanol–water partition coefficient (Wildman–Crippen LogP) is 2.81. The minimum Gasteiger partial charge on any atom is -1.00 e. The standard InChI is InChI=1S/C34H27BrN5O6S.ClH/c1-43-31-11-2-21-14-30-28-16-33-32(45-20-46-33)15-22(28)12-13-39(30)18-29(21)34(31)44-19-25-17-40(38-36-25)26-7-9-27(10-8-26)47(41,42)37-24-5-3-23(35)4-6-24;/h2-11,14-18,37H,12-13,19-20H2,1H3;1H/q+1;/p-1. The fourth-order valence-corrected chi connectivity index (χ4v) is 7.18. The lowest BCUT2D eigenvalue weighted by Gasteiger charge is -2.17. The molecule has 8 rings (SSSR count). The first-order chi connectivity index (χ1) is 22.8. The van der Waals surface area contributed by atoms with Gasteiger partial charge in [-0.3, -0.25) is 4.72 Å². The maximum Gasteiger partial charge on any atom is 0.261 e. The van der Waals surface area contributed by atoms with Crippen LogP contribution in [0.25, 0.3) is 27.7 Å². The van der Waals surface area contributed by atoms with Gasteiger partial charge in [0, 0.05) is 22.6 Å². The molecule has 0 amide bonds. The van der Waals surface area contributed by atoms with Crippen LogP contribution in [-0.4, -0.2) is 37.3 Å². The van der Waals surface area contributed by atoms with Crippen molar-refractivity contribution >= 4 is 42.4 Å². The fourth-order valence-electron chi connectivity index (χ4n) is 5.85. The summed E-state index contributed by atoms with van der Waals surface area (Å²) < 4.78 is 56.3. The van der Waals surface area contributed by atoms with Crippen LogP contribution in [0.3, 0.4) is 0 Å². The van der Waals surface area contributed by atoms with Crippen LogP contribution in [0, 0.1) is 0 Å². The van der Waals surface area contributed by atoms with E-state index in [1.165, 1.54) is 17.7 Å². The number of rotatable bonds is 8. The number of methoxy groups -OCH3 is 1. The number of anilines is 1. The van der Waals surface area contributed by atoms with Gasteiger partial charge in [0.25, 0.3) is 10.0 Å². The molecule has 0 radical (unpaired) electrons. The molecule has 11 nitrogen and oxygen atoms in total. The molecule has 0 spiro atoms. The molecule has 14 heteroatoms. The third kappa shape index (κ3) is 5.89. The summed E-state index contributed by atoms with van der Waals surface area (Å²) in [6.45, 7) is 1.20. The van der Waals surface area contributed by atoms with Crippen LogP contribution >= 0.6 is 15.9 Å². The smallest absolute Gasteiger partial charge is 0.261 e. The second-order valence-electron chi connectivity index (χ2n) is 11.1. The first-order valence-electron chi connectivity index (χ1n) is 14.7. The Morgan fingerprint density at radius 2 is 1.77 bits per heavy atom. The highest BCUT2D eigenvalue weighted by Crippen LogP contribution is 2.42. The molecule has 0 aliphatic carbocycles. The molecule has 6 aromatic rings. The van der Waals surface area contributed by atoms with Crippen molar-refractivity contribution < 1.29 is 44.3 Å². The maximum absolute atomic E-state index is 12.9. The van der Waals surface area contributed by atoms with E-state index in [2.05, 4.69) is 59.9 Å². The van der Waals surface area contributed by atoms with Gasteiger partial charge in [-0.15, -0.1) is 5.10 Å². The molecule has 4 heterocycles. The number of sulfonamides is 1. The Hall–Kier alpha value is -4.85. The SMILES string of the molecule is COc1ccc2cc3[n+](cc2c1OCc1cn(-c2ccc(S(=O)(=O)Nc4ccc(Br)cc4)cc2)nn1)CCc1cc2c(cc1-3)OCO2.[Cl-]. The van der Waals surface area contributed by atoms with Gasteiger partial charge in [-0.25, -0.2) is 13.1 Å². The average molecular weight is 749 g/mol. The van der Waals surface area contributed by atoms with E-state index in [0.29, 0.717) is 28.6 Å². The number of benzene rings is 4. The summed E-state index contributed by atoms with van der Waals surface area (Å²) in [4.78, 5) is 0.130. The largest absolute Gasteiger partial charge is 1.00 e. The molecule has 0 unspecified atom stereocenters. The van der Waals surface area contributed by atoms with Gasteiger partial charge in [-0.1, -0.05) is 21.1 Å². The van der Waals surface area contributed by atoms with Crippen molar-refractivity contribution in [2.24, 2.45) is 0 Å². The molecule has 48 heavy (non-hydrogen) atoms. The van der Waals surface area contributed by atoms with Crippen molar-refractivity contribution in [3.8, 4) is 39.9 Å². The summed E-state index contributed by atoms with van der Waals surface area (Å²) in [6.07, 6.45) is 4.72. The Morgan fingerprint density at radius 1 is 1.00 bits per heavy atom. The zero-order chi connectivity index (χ0) is 32.1. The highest BCUT2D eigenvalue weighted by atomic mass is 79.9. The van der Waals surface area contributed by atoms with Gasteiger partial charge in [0.2, 0.25) is 12.5 Å². The third-order valence-electron chi connectivity index (χ3n) is 8.21. The van der Waals surface area contributed by atoms with E-state index in [0.717, 1.165) is 51.0 Å². The minimum absolute atomic E-state index is 0. The molecular weight excluding hydrogens is 722 g/mol. The predicted molar refractivity (Wildman–Crippen MR) is 177 cm³/mol. The lowest BCUT2D eigenvalue weighted by molar-refractivity contribution is -0.686. The van der Waals surface area contributed by atoms with Crippen LogP contribution in [0.5, 0.6) is 23.0 Å². The van der Waals surface area contributed by atoms with Gasteiger partial charge in [-0.05, 0) is 83.7 Å². The van der Waals surface area contributed by atoms with Gasteiger partial charge < -0.3 is 31.4 Å². The molecule has 2 aliphatic rings. The van der Waals surface area contributed by atoms with Crippen molar-refractivity contribution in [1.82, 2.24) is 15.0 Å². The lowest BCUT2D eigenvalue weighted by Crippen LogP contribution is -3.00. The summed E-state index contributed by atoms with van der Waals surface area (Å²) in [5.41, 5.74) is 5.17. The molecule has 0 saturated heterocycles. The monoisotopic (exact) mass is 747 g/mol. The van der Waals surface area contributed by atoms with Crippen molar-refractivity contribution in [2.75, 3.05) is 18.6 Å². The van der Waals surface area contributed by atoms with E-state index in [-0.39, 0.29) is 30.7 Å². The number of hydrogen-bond donors (Lipinski definition) is 1. The molecule has 2 aliphatic heterocycles. The van der Waals surface area contributed by atoms with Gasteiger partial charge in [0.1, 0.15) is 12.3 Å². The van der Waals surface area contributed by atoms with Crippen LogP contribution in [0.4, 0.5) is 5.69 Å². The number of hydrogen-bond acceptors (Lipinski definition) is 8. The molecule has 244 valence electrons. The van der Waals surface area contributed by atoms with E-state index < -0.39 is 10.0 Å². The number of fused-ring (bicyclic) bond motifs is 5. The van der Waals surface area contributed by atoms with Gasteiger partial charge in [0.15, 0.2) is 35.7 Å². The van der Waals surface area contributed by atoms with Gasteiger partial charge in [-0.2, -0.15) is 4.57 Å². The maximum atomic E-state index is 12.9. The normalized spacial score (nSPS) is 13.0. The second-order valence-corrected chi connectivity index (χ2v) is 13.7. The van der Waals surface area contributed by atoms with Crippen molar-refractivity contribution in [2.45, 2.75) is 24.5 Å². The molecule has 2 aromatic heterocycles. The third-order valence-corrected chi connectivity index (χ3v) is 10.1. The van der Waals surface area contributed by atoms with E-state index in [9.17, 15) is 8.42 Å². The number of nitrogens with one attached hydrogen (secondary N) is 1. The van der Waals surface area contributed by atoms with Crippen LogP contribution in [0.2, 0.25) is 0 Å². The van der Waals surface area contributed by atoms with Crippen molar-refractivity contribution in [3.63, 3.8) is 0 Å². The first-order valence-corrected chi connectivity index (χ1v) is 17.0. The minimum atomic E-state index is -3.76. The zero-order valence-electron chi connectivity index (χ0n) is 25.4. The van der Waals surface area contributed by atoms with Gasteiger partial charge >= 0.3 is 0 Å². The number of aromatic nitrogens is 4.